The van der Waals surface area contributed by atoms with Crippen LogP contribution in [0.25, 0.3) is 10.8 Å². The average molecular weight is 284 g/mol. The molecule has 2 aromatic carbocycles. The molecule has 2 aromatic rings. The maximum atomic E-state index is 12.2. The fourth-order valence-corrected chi connectivity index (χ4v) is 2.51. The van der Waals surface area contributed by atoms with Crippen molar-refractivity contribution in [3.05, 3.63) is 42.5 Å². The Morgan fingerprint density at radius 1 is 1.10 bits per heavy atom. The van der Waals surface area contributed by atoms with Crippen LogP contribution in [0.5, 0.6) is 0 Å². The highest BCUT2D eigenvalue weighted by molar-refractivity contribution is 6.02. The van der Waals surface area contributed by atoms with Crippen LogP contribution in [-0.2, 0) is 4.79 Å². The second-order valence-electron chi connectivity index (χ2n) is 6.28. The molecule has 3 nitrogen and oxygen atoms in total. The Morgan fingerprint density at radius 2 is 1.81 bits per heavy atom. The predicted molar refractivity (Wildman–Crippen MR) is 89.3 cm³/mol. The molecule has 0 radical (unpaired) electrons. The van der Waals surface area contributed by atoms with Crippen LogP contribution >= 0.6 is 0 Å². The van der Waals surface area contributed by atoms with Gasteiger partial charge in [-0.25, -0.2) is 0 Å². The Bertz CT molecular complexity index is 614. The zero-order valence-corrected chi connectivity index (χ0v) is 12.9. The van der Waals surface area contributed by atoms with E-state index < -0.39 is 0 Å². The SMILES string of the molecule is CC(C)(CCN)CCC(=O)Nc1cccc2ccccc12. The highest BCUT2D eigenvalue weighted by Gasteiger charge is 2.18. The zero-order chi connectivity index (χ0) is 15.3. The van der Waals surface area contributed by atoms with Crippen molar-refractivity contribution in [3.63, 3.8) is 0 Å². The summed E-state index contributed by atoms with van der Waals surface area (Å²) >= 11 is 0. The number of carbonyl (C=O) groups excluding carboxylic acids is 1. The number of carbonyl (C=O) groups is 1. The van der Waals surface area contributed by atoms with Crippen LogP contribution in [0.3, 0.4) is 0 Å². The van der Waals surface area contributed by atoms with E-state index in [0.29, 0.717) is 13.0 Å². The summed E-state index contributed by atoms with van der Waals surface area (Å²) in [4.78, 5) is 12.2. The van der Waals surface area contributed by atoms with E-state index in [1.54, 1.807) is 0 Å². The minimum atomic E-state index is 0.0662. The first-order valence-corrected chi connectivity index (χ1v) is 7.49. The summed E-state index contributed by atoms with van der Waals surface area (Å²) in [5.41, 5.74) is 6.61. The molecule has 0 aliphatic carbocycles. The molecular formula is C18H24N2O. The summed E-state index contributed by atoms with van der Waals surface area (Å²) in [6.07, 6.45) is 2.31. The molecule has 0 aromatic heterocycles. The first kappa shape index (κ1) is 15.5. The van der Waals surface area contributed by atoms with E-state index >= 15 is 0 Å². The summed E-state index contributed by atoms with van der Waals surface area (Å²) in [5, 5.41) is 5.25. The van der Waals surface area contributed by atoms with E-state index in [1.807, 2.05) is 30.3 Å². The standard InChI is InChI=1S/C18H24N2O/c1-18(2,12-13-19)11-10-17(21)20-16-9-5-7-14-6-3-4-8-15(14)16/h3-9H,10-13,19H2,1-2H3,(H,20,21). The molecule has 112 valence electrons. The van der Waals surface area contributed by atoms with Crippen molar-refractivity contribution in [3.8, 4) is 0 Å². The van der Waals surface area contributed by atoms with Gasteiger partial charge >= 0.3 is 0 Å². The molecule has 21 heavy (non-hydrogen) atoms. The normalized spacial score (nSPS) is 11.6. The molecule has 0 saturated heterocycles. The summed E-state index contributed by atoms with van der Waals surface area (Å²) < 4.78 is 0. The van der Waals surface area contributed by atoms with Crippen LogP contribution in [0.2, 0.25) is 0 Å². The molecule has 0 fully saturated rings. The van der Waals surface area contributed by atoms with Gasteiger partial charge in [-0.15, -0.1) is 0 Å². The van der Waals surface area contributed by atoms with E-state index in [9.17, 15) is 4.79 Å². The molecule has 2 rings (SSSR count). The van der Waals surface area contributed by atoms with Crippen LogP contribution in [0.4, 0.5) is 5.69 Å². The van der Waals surface area contributed by atoms with E-state index in [4.69, 9.17) is 5.73 Å². The lowest BCUT2D eigenvalue weighted by molar-refractivity contribution is -0.116. The van der Waals surface area contributed by atoms with Crippen LogP contribution in [0, 0.1) is 5.41 Å². The van der Waals surface area contributed by atoms with Gasteiger partial charge in [0, 0.05) is 17.5 Å². The second kappa shape index (κ2) is 6.72. The smallest absolute Gasteiger partial charge is 0.224 e. The van der Waals surface area contributed by atoms with Gasteiger partial charge in [0.05, 0.1) is 0 Å². The van der Waals surface area contributed by atoms with E-state index in [2.05, 4.69) is 31.3 Å². The number of fused-ring (bicyclic) bond motifs is 1. The molecule has 0 unspecified atom stereocenters. The van der Waals surface area contributed by atoms with Gasteiger partial charge in [-0.1, -0.05) is 50.2 Å². The van der Waals surface area contributed by atoms with Gasteiger partial charge in [0.1, 0.15) is 0 Å². The van der Waals surface area contributed by atoms with E-state index in [1.165, 1.54) is 0 Å². The third-order valence-corrected chi connectivity index (χ3v) is 3.91. The number of anilines is 1. The molecule has 0 bridgehead atoms. The molecule has 0 aliphatic heterocycles. The van der Waals surface area contributed by atoms with Gasteiger partial charge < -0.3 is 11.1 Å². The van der Waals surface area contributed by atoms with Crippen LogP contribution in [-0.4, -0.2) is 12.5 Å². The van der Waals surface area contributed by atoms with E-state index in [-0.39, 0.29) is 11.3 Å². The lowest BCUT2D eigenvalue weighted by atomic mass is 9.84. The number of hydrogen-bond acceptors (Lipinski definition) is 2. The van der Waals surface area contributed by atoms with Crippen molar-refractivity contribution in [2.24, 2.45) is 11.1 Å². The Labute approximate surface area is 126 Å². The van der Waals surface area contributed by atoms with Crippen molar-refractivity contribution >= 4 is 22.4 Å². The summed E-state index contributed by atoms with van der Waals surface area (Å²) in [7, 11) is 0. The third-order valence-electron chi connectivity index (χ3n) is 3.91. The quantitative estimate of drug-likeness (QED) is 0.844. The highest BCUT2D eigenvalue weighted by atomic mass is 16.1. The molecule has 0 aliphatic rings. The van der Waals surface area contributed by atoms with Gasteiger partial charge in [0.15, 0.2) is 0 Å². The maximum Gasteiger partial charge on any atom is 0.224 e. The summed E-state index contributed by atoms with van der Waals surface area (Å²) in [5.74, 6) is 0.0662. The van der Waals surface area contributed by atoms with Gasteiger partial charge in [0.25, 0.3) is 0 Å². The van der Waals surface area contributed by atoms with Gasteiger partial charge in [0.2, 0.25) is 5.91 Å². The van der Waals surface area contributed by atoms with Gasteiger partial charge in [-0.3, -0.25) is 4.79 Å². The zero-order valence-electron chi connectivity index (χ0n) is 12.9. The molecule has 1 amide bonds. The number of hydrogen-bond donors (Lipinski definition) is 2. The number of benzene rings is 2. The molecule has 0 saturated carbocycles. The fraction of sp³-hybridized carbons (Fsp3) is 0.389. The lowest BCUT2D eigenvalue weighted by Crippen LogP contribution is -2.20. The topological polar surface area (TPSA) is 55.1 Å². The molecule has 0 atom stereocenters. The van der Waals surface area contributed by atoms with Crippen molar-refractivity contribution in [1.29, 1.82) is 0 Å². The lowest BCUT2D eigenvalue weighted by Gasteiger charge is -2.23. The van der Waals surface area contributed by atoms with E-state index in [0.717, 1.165) is 29.3 Å². The fourth-order valence-electron chi connectivity index (χ4n) is 2.51. The van der Waals surface area contributed by atoms with Crippen LogP contribution < -0.4 is 11.1 Å². The molecule has 3 N–H and O–H groups in total. The first-order chi connectivity index (χ1) is 10.0. The van der Waals surface area contributed by atoms with Crippen LogP contribution in [0.1, 0.15) is 33.1 Å². The Balaban J connectivity index is 2.02. The number of nitrogens with two attached hydrogens (primary N) is 1. The Hall–Kier alpha value is -1.87. The van der Waals surface area contributed by atoms with Crippen molar-refractivity contribution in [2.45, 2.75) is 33.1 Å². The molecular weight excluding hydrogens is 260 g/mol. The third kappa shape index (κ3) is 4.30. The second-order valence-corrected chi connectivity index (χ2v) is 6.28. The van der Waals surface area contributed by atoms with Crippen molar-refractivity contribution in [1.82, 2.24) is 0 Å². The predicted octanol–water partition coefficient (Wildman–Crippen LogP) is 3.93. The molecule has 0 heterocycles. The summed E-state index contributed by atoms with van der Waals surface area (Å²) in [6, 6.07) is 14.0. The number of rotatable bonds is 6. The Kier molecular flexibility index (Phi) is 4.97. The minimum Gasteiger partial charge on any atom is -0.330 e. The monoisotopic (exact) mass is 284 g/mol. The van der Waals surface area contributed by atoms with Gasteiger partial charge in [-0.2, -0.15) is 0 Å². The van der Waals surface area contributed by atoms with Gasteiger partial charge in [-0.05, 0) is 36.3 Å². The summed E-state index contributed by atoms with van der Waals surface area (Å²) in [6.45, 7) is 4.98. The largest absolute Gasteiger partial charge is 0.330 e. The molecule has 3 heteroatoms. The number of amides is 1. The van der Waals surface area contributed by atoms with Crippen LogP contribution in [0.15, 0.2) is 42.5 Å². The first-order valence-electron chi connectivity index (χ1n) is 7.49. The average Bonchev–Trinajstić information content (AvgIpc) is 2.46. The maximum absolute atomic E-state index is 12.2. The minimum absolute atomic E-state index is 0.0662. The van der Waals surface area contributed by atoms with Crippen molar-refractivity contribution < 1.29 is 4.79 Å². The highest BCUT2D eigenvalue weighted by Crippen LogP contribution is 2.27. The number of nitrogens with one attached hydrogen (secondary N) is 1. The Morgan fingerprint density at radius 3 is 2.57 bits per heavy atom. The van der Waals surface area contributed by atoms with Crippen molar-refractivity contribution in [2.75, 3.05) is 11.9 Å². The molecule has 0 spiro atoms.